The fourth-order valence-electron chi connectivity index (χ4n) is 1.85. The molecule has 0 aliphatic carbocycles. The molecule has 1 atom stereocenters. The van der Waals surface area contributed by atoms with Crippen LogP contribution in [-0.4, -0.2) is 40.2 Å². The summed E-state index contributed by atoms with van der Waals surface area (Å²) in [6.07, 6.45) is -0.717. The van der Waals surface area contributed by atoms with Gasteiger partial charge in [-0.05, 0) is 24.6 Å². The summed E-state index contributed by atoms with van der Waals surface area (Å²) in [6.45, 7) is 2.57. The standard InChI is InChI=1S/C12H13Cl2NO5S/c1-7-4-8(21(14,17)18)5-9(13)11(7)15-12(16)10-6-19-2-3-20-10/h4-5,10H,2-3,6H2,1H3,(H,15,16). The molecule has 1 N–H and O–H groups in total. The fourth-order valence-corrected chi connectivity index (χ4v) is 3.08. The Kier molecular flexibility index (Phi) is 5.11. The Labute approximate surface area is 131 Å². The van der Waals surface area contributed by atoms with Gasteiger partial charge in [-0.2, -0.15) is 0 Å². The minimum atomic E-state index is -3.88. The topological polar surface area (TPSA) is 81.7 Å². The van der Waals surface area contributed by atoms with Gasteiger partial charge < -0.3 is 14.8 Å². The number of hydrogen-bond acceptors (Lipinski definition) is 5. The van der Waals surface area contributed by atoms with Gasteiger partial charge in [-0.1, -0.05) is 11.6 Å². The van der Waals surface area contributed by atoms with Crippen LogP contribution < -0.4 is 5.32 Å². The molecule has 0 saturated carbocycles. The van der Waals surface area contributed by atoms with Gasteiger partial charge in [0, 0.05) is 10.7 Å². The van der Waals surface area contributed by atoms with E-state index in [4.69, 9.17) is 31.8 Å². The molecule has 1 aliphatic rings. The predicted octanol–water partition coefficient (Wildman–Crippen LogP) is 1.93. The minimum absolute atomic E-state index is 0.0827. The van der Waals surface area contributed by atoms with E-state index < -0.39 is 21.1 Å². The Bertz CT molecular complexity index is 633. The number of ether oxygens (including phenoxy) is 2. The number of hydrogen-bond donors (Lipinski definition) is 1. The highest BCUT2D eigenvalue weighted by molar-refractivity contribution is 8.13. The molecule has 1 aromatic carbocycles. The molecule has 9 heteroatoms. The van der Waals surface area contributed by atoms with Gasteiger partial charge in [-0.3, -0.25) is 4.79 Å². The van der Waals surface area contributed by atoms with E-state index in [0.29, 0.717) is 24.5 Å². The van der Waals surface area contributed by atoms with Crippen molar-refractivity contribution in [2.75, 3.05) is 25.1 Å². The Hall–Kier alpha value is -0.860. The third-order valence-electron chi connectivity index (χ3n) is 2.90. The molecule has 2 rings (SSSR count). The summed E-state index contributed by atoms with van der Waals surface area (Å²) in [5, 5.41) is 2.70. The molecule has 0 aromatic heterocycles. The van der Waals surface area contributed by atoms with Gasteiger partial charge >= 0.3 is 0 Å². The number of carbonyl (C=O) groups excluding carboxylic acids is 1. The van der Waals surface area contributed by atoms with Gasteiger partial charge in [-0.15, -0.1) is 0 Å². The molecule has 0 spiro atoms. The van der Waals surface area contributed by atoms with Crippen molar-refractivity contribution in [3.05, 3.63) is 22.7 Å². The van der Waals surface area contributed by atoms with E-state index in [0.717, 1.165) is 0 Å². The Morgan fingerprint density at radius 1 is 1.38 bits per heavy atom. The summed E-state index contributed by atoms with van der Waals surface area (Å²) >= 11 is 6.01. The van der Waals surface area contributed by atoms with Crippen LogP contribution in [0.3, 0.4) is 0 Å². The van der Waals surface area contributed by atoms with Crippen LogP contribution >= 0.6 is 22.3 Å². The van der Waals surface area contributed by atoms with E-state index in [1.807, 2.05) is 0 Å². The molecule has 116 valence electrons. The van der Waals surface area contributed by atoms with Gasteiger partial charge in [0.1, 0.15) is 0 Å². The van der Waals surface area contributed by atoms with Crippen molar-refractivity contribution in [1.29, 1.82) is 0 Å². The molecule has 1 saturated heterocycles. The Morgan fingerprint density at radius 3 is 2.62 bits per heavy atom. The Morgan fingerprint density at radius 2 is 2.10 bits per heavy atom. The van der Waals surface area contributed by atoms with Crippen LogP contribution in [0.4, 0.5) is 5.69 Å². The second-order valence-electron chi connectivity index (χ2n) is 4.46. The largest absolute Gasteiger partial charge is 0.376 e. The van der Waals surface area contributed by atoms with Crippen molar-refractivity contribution in [2.45, 2.75) is 17.9 Å². The van der Waals surface area contributed by atoms with Crippen LogP contribution in [0.5, 0.6) is 0 Å². The SMILES string of the molecule is Cc1cc(S(=O)(=O)Cl)cc(Cl)c1NC(=O)C1COCCO1. The van der Waals surface area contributed by atoms with Crippen molar-refractivity contribution in [3.63, 3.8) is 0 Å². The normalized spacial score (nSPS) is 19.3. The lowest BCUT2D eigenvalue weighted by atomic mass is 10.2. The second kappa shape index (κ2) is 6.50. The van der Waals surface area contributed by atoms with Crippen LogP contribution in [0.1, 0.15) is 5.56 Å². The van der Waals surface area contributed by atoms with Gasteiger partial charge in [-0.25, -0.2) is 8.42 Å². The number of rotatable bonds is 3. The summed E-state index contributed by atoms with van der Waals surface area (Å²) in [4.78, 5) is 11.9. The fraction of sp³-hybridized carbons (Fsp3) is 0.417. The molecule has 1 aliphatic heterocycles. The molecule has 0 bridgehead atoms. The lowest BCUT2D eigenvalue weighted by Gasteiger charge is -2.22. The van der Waals surface area contributed by atoms with Crippen molar-refractivity contribution in [1.82, 2.24) is 0 Å². The van der Waals surface area contributed by atoms with E-state index in [-0.39, 0.29) is 16.5 Å². The first-order chi connectivity index (χ1) is 9.79. The first kappa shape index (κ1) is 16.5. The van der Waals surface area contributed by atoms with Crippen LogP contribution in [-0.2, 0) is 23.3 Å². The highest BCUT2D eigenvalue weighted by atomic mass is 35.7. The number of anilines is 1. The van der Waals surface area contributed by atoms with Crippen molar-refractivity contribution < 1.29 is 22.7 Å². The van der Waals surface area contributed by atoms with Crippen molar-refractivity contribution in [3.8, 4) is 0 Å². The summed E-state index contributed by atoms with van der Waals surface area (Å²) < 4.78 is 33.0. The molecule has 1 heterocycles. The quantitative estimate of drug-likeness (QED) is 0.839. The molecular weight excluding hydrogens is 341 g/mol. The second-order valence-corrected chi connectivity index (χ2v) is 7.43. The van der Waals surface area contributed by atoms with Gasteiger partial charge in [0.15, 0.2) is 6.10 Å². The number of halogens is 2. The number of amides is 1. The minimum Gasteiger partial charge on any atom is -0.376 e. The molecule has 6 nitrogen and oxygen atoms in total. The zero-order chi connectivity index (χ0) is 15.6. The summed E-state index contributed by atoms with van der Waals surface area (Å²) in [6, 6.07) is 2.52. The molecule has 21 heavy (non-hydrogen) atoms. The predicted molar refractivity (Wildman–Crippen MR) is 78.4 cm³/mol. The lowest BCUT2D eigenvalue weighted by Crippen LogP contribution is -2.39. The smallest absolute Gasteiger partial charge is 0.261 e. The monoisotopic (exact) mass is 353 g/mol. The molecular formula is C12H13Cl2NO5S. The van der Waals surface area contributed by atoms with E-state index in [2.05, 4.69) is 5.32 Å². The highest BCUT2D eigenvalue weighted by Gasteiger charge is 2.24. The zero-order valence-corrected chi connectivity index (χ0v) is 13.4. The summed E-state index contributed by atoms with van der Waals surface area (Å²) in [5.74, 6) is -0.402. The molecule has 1 amide bonds. The molecule has 1 unspecified atom stereocenters. The van der Waals surface area contributed by atoms with Gasteiger partial charge in [0.05, 0.1) is 35.4 Å². The van der Waals surface area contributed by atoms with E-state index >= 15 is 0 Å². The lowest BCUT2D eigenvalue weighted by molar-refractivity contribution is -0.142. The van der Waals surface area contributed by atoms with Gasteiger partial charge in [0.2, 0.25) is 0 Å². The number of nitrogens with one attached hydrogen (secondary N) is 1. The Balaban J connectivity index is 2.22. The summed E-state index contributed by atoms with van der Waals surface area (Å²) in [7, 11) is 1.39. The van der Waals surface area contributed by atoms with Crippen molar-refractivity contribution >= 4 is 42.9 Å². The van der Waals surface area contributed by atoms with E-state index in [1.165, 1.54) is 12.1 Å². The summed E-state index contributed by atoms with van der Waals surface area (Å²) in [5.41, 5.74) is 0.798. The average Bonchev–Trinajstić information content (AvgIpc) is 2.42. The number of aryl methyl sites for hydroxylation is 1. The molecule has 1 aromatic rings. The van der Waals surface area contributed by atoms with Gasteiger partial charge in [0.25, 0.3) is 15.0 Å². The maximum atomic E-state index is 12.0. The van der Waals surface area contributed by atoms with Crippen LogP contribution in [0, 0.1) is 6.92 Å². The highest BCUT2D eigenvalue weighted by Crippen LogP contribution is 2.31. The van der Waals surface area contributed by atoms with Crippen LogP contribution in [0.15, 0.2) is 17.0 Å². The molecule has 0 radical (unpaired) electrons. The third kappa shape index (κ3) is 4.08. The molecule has 1 fully saturated rings. The van der Waals surface area contributed by atoms with Crippen molar-refractivity contribution in [2.24, 2.45) is 0 Å². The zero-order valence-electron chi connectivity index (χ0n) is 11.1. The van der Waals surface area contributed by atoms with E-state index in [9.17, 15) is 13.2 Å². The number of carbonyl (C=O) groups is 1. The van der Waals surface area contributed by atoms with Crippen LogP contribution in [0.25, 0.3) is 0 Å². The maximum Gasteiger partial charge on any atom is 0.261 e. The van der Waals surface area contributed by atoms with E-state index in [1.54, 1.807) is 6.92 Å². The maximum absolute atomic E-state index is 12.0. The first-order valence-electron chi connectivity index (χ1n) is 6.04. The first-order valence-corrected chi connectivity index (χ1v) is 8.73. The number of benzene rings is 1. The third-order valence-corrected chi connectivity index (χ3v) is 4.53. The average molecular weight is 354 g/mol. The van der Waals surface area contributed by atoms with Crippen LogP contribution in [0.2, 0.25) is 5.02 Å².